The van der Waals surface area contributed by atoms with E-state index in [0.29, 0.717) is 12.1 Å². The normalized spacial score (nSPS) is 31.6. The lowest BCUT2D eigenvalue weighted by Crippen LogP contribution is -2.55. The number of anilines is 2. The van der Waals surface area contributed by atoms with E-state index < -0.39 is 0 Å². The molecule has 29 heavy (non-hydrogen) atoms. The average Bonchev–Trinajstić information content (AvgIpc) is 2.86. The smallest absolute Gasteiger partial charge is 0.236 e. The van der Waals surface area contributed by atoms with Crippen molar-refractivity contribution >= 4 is 23.2 Å². The highest BCUT2D eigenvalue weighted by atomic mass is 16.2. The summed E-state index contributed by atoms with van der Waals surface area (Å²) in [6.45, 7) is 0. The van der Waals surface area contributed by atoms with E-state index in [1.807, 2.05) is 29.2 Å². The van der Waals surface area contributed by atoms with Crippen molar-refractivity contribution in [1.29, 1.82) is 0 Å². The van der Waals surface area contributed by atoms with Gasteiger partial charge in [0.15, 0.2) is 0 Å². The summed E-state index contributed by atoms with van der Waals surface area (Å²) in [6, 6.07) is 9.93. The third-order valence-electron chi connectivity index (χ3n) is 7.64. The summed E-state index contributed by atoms with van der Waals surface area (Å²) in [7, 11) is 0. The first-order valence-corrected chi connectivity index (χ1v) is 11.7. The van der Waals surface area contributed by atoms with Gasteiger partial charge in [-0.25, -0.2) is 0 Å². The molecule has 1 aliphatic carbocycles. The number of piperidine rings is 1. The molecular weight excluding hydrogens is 362 g/mol. The lowest BCUT2D eigenvalue weighted by molar-refractivity contribution is -0.125. The van der Waals surface area contributed by atoms with Crippen LogP contribution in [-0.4, -0.2) is 40.9 Å². The topological polar surface area (TPSA) is 52.7 Å². The van der Waals surface area contributed by atoms with Gasteiger partial charge in [-0.05, 0) is 50.7 Å². The maximum absolute atomic E-state index is 13.0. The highest BCUT2D eigenvalue weighted by Gasteiger charge is 2.46. The lowest BCUT2D eigenvalue weighted by Gasteiger charge is -2.47. The molecule has 2 saturated heterocycles. The molecule has 5 nitrogen and oxygen atoms in total. The third kappa shape index (κ3) is 3.70. The first-order valence-electron chi connectivity index (χ1n) is 11.7. The van der Waals surface area contributed by atoms with Crippen molar-refractivity contribution in [2.75, 3.05) is 10.2 Å². The number of amides is 2. The Labute approximate surface area is 173 Å². The van der Waals surface area contributed by atoms with Gasteiger partial charge < -0.3 is 10.2 Å². The summed E-state index contributed by atoms with van der Waals surface area (Å²) in [6.07, 6.45) is 14.2. The Bertz CT molecular complexity index is 757. The van der Waals surface area contributed by atoms with Crippen LogP contribution in [0.4, 0.5) is 11.4 Å². The summed E-state index contributed by atoms with van der Waals surface area (Å²) in [5.74, 6) is -0.240. The molecule has 3 aliphatic heterocycles. The van der Waals surface area contributed by atoms with Crippen LogP contribution in [0.3, 0.4) is 0 Å². The first-order chi connectivity index (χ1) is 14.2. The van der Waals surface area contributed by atoms with E-state index in [2.05, 4.69) is 10.2 Å². The van der Waals surface area contributed by atoms with Gasteiger partial charge in [0, 0.05) is 24.2 Å². The summed E-state index contributed by atoms with van der Waals surface area (Å²) >= 11 is 0. The van der Waals surface area contributed by atoms with Crippen molar-refractivity contribution in [3.05, 3.63) is 24.3 Å². The van der Waals surface area contributed by atoms with Crippen LogP contribution < -0.4 is 10.2 Å². The highest BCUT2D eigenvalue weighted by Crippen LogP contribution is 2.43. The largest absolute Gasteiger partial charge is 0.324 e. The van der Waals surface area contributed by atoms with Crippen molar-refractivity contribution in [2.24, 2.45) is 0 Å². The van der Waals surface area contributed by atoms with Crippen LogP contribution in [0.1, 0.15) is 77.0 Å². The minimum atomic E-state index is -0.195. The number of benzene rings is 1. The molecule has 1 aromatic carbocycles. The predicted molar refractivity (Wildman–Crippen MR) is 115 cm³/mol. The van der Waals surface area contributed by atoms with E-state index in [1.165, 1.54) is 57.8 Å². The Morgan fingerprint density at radius 3 is 2.14 bits per heavy atom. The number of para-hydroxylation sites is 2. The number of fused-ring (bicyclic) bond motifs is 3. The zero-order valence-corrected chi connectivity index (χ0v) is 17.3. The summed E-state index contributed by atoms with van der Waals surface area (Å²) in [5, 5.41) is 2.92. The molecule has 156 valence electrons. The molecule has 0 spiro atoms. The lowest BCUT2D eigenvalue weighted by atomic mass is 9.89. The van der Waals surface area contributed by atoms with E-state index in [9.17, 15) is 9.59 Å². The van der Waals surface area contributed by atoms with Gasteiger partial charge in [-0.1, -0.05) is 44.2 Å². The molecule has 0 aromatic heterocycles. The summed E-state index contributed by atoms with van der Waals surface area (Å²) < 4.78 is 0. The first kappa shape index (κ1) is 19.1. The highest BCUT2D eigenvalue weighted by molar-refractivity contribution is 6.14. The van der Waals surface area contributed by atoms with Crippen molar-refractivity contribution in [3.8, 4) is 0 Å². The zero-order chi connectivity index (χ0) is 19.8. The van der Waals surface area contributed by atoms with Gasteiger partial charge in [-0.15, -0.1) is 0 Å². The maximum atomic E-state index is 13.0. The zero-order valence-electron chi connectivity index (χ0n) is 17.3. The molecule has 3 atom stereocenters. The fraction of sp³-hybridized carbons (Fsp3) is 0.667. The second kappa shape index (κ2) is 8.10. The number of hydrogen-bond donors (Lipinski definition) is 1. The van der Waals surface area contributed by atoms with E-state index >= 15 is 0 Å². The predicted octanol–water partition coefficient (Wildman–Crippen LogP) is 4.47. The Kier molecular flexibility index (Phi) is 5.33. The Morgan fingerprint density at radius 1 is 0.759 bits per heavy atom. The quantitative estimate of drug-likeness (QED) is 0.752. The van der Waals surface area contributed by atoms with E-state index in [1.54, 1.807) is 0 Å². The van der Waals surface area contributed by atoms with Gasteiger partial charge in [0.05, 0.1) is 11.4 Å². The van der Waals surface area contributed by atoms with Gasteiger partial charge in [0.25, 0.3) is 0 Å². The van der Waals surface area contributed by atoms with E-state index in [-0.39, 0.29) is 24.3 Å². The van der Waals surface area contributed by atoms with Crippen LogP contribution in [0.2, 0.25) is 0 Å². The van der Waals surface area contributed by atoms with Gasteiger partial charge in [-0.2, -0.15) is 0 Å². The van der Waals surface area contributed by atoms with Crippen LogP contribution in [0.15, 0.2) is 24.3 Å². The molecule has 5 heteroatoms. The number of hydrogen-bond acceptors (Lipinski definition) is 3. The molecule has 2 amide bonds. The number of rotatable bonds is 2. The van der Waals surface area contributed by atoms with Crippen molar-refractivity contribution < 1.29 is 9.59 Å². The molecule has 3 heterocycles. The molecule has 5 rings (SSSR count). The van der Waals surface area contributed by atoms with Gasteiger partial charge >= 0.3 is 0 Å². The monoisotopic (exact) mass is 395 g/mol. The average molecular weight is 396 g/mol. The minimum absolute atomic E-state index is 0.0451. The molecule has 2 unspecified atom stereocenters. The minimum Gasteiger partial charge on any atom is -0.324 e. The van der Waals surface area contributed by atoms with E-state index in [4.69, 9.17) is 0 Å². The van der Waals surface area contributed by atoms with Crippen molar-refractivity contribution in [2.45, 2.75) is 101 Å². The van der Waals surface area contributed by atoms with Crippen LogP contribution in [0, 0.1) is 0 Å². The van der Waals surface area contributed by atoms with Crippen LogP contribution in [0.25, 0.3) is 0 Å². The Morgan fingerprint density at radius 2 is 1.41 bits per heavy atom. The molecular formula is C24H33N3O2. The fourth-order valence-corrected chi connectivity index (χ4v) is 6.47. The number of carbonyl (C=O) groups excluding carboxylic acids is 2. The third-order valence-corrected chi connectivity index (χ3v) is 7.64. The molecule has 2 bridgehead atoms. The van der Waals surface area contributed by atoms with Crippen LogP contribution >= 0.6 is 0 Å². The second-order valence-corrected chi connectivity index (χ2v) is 9.46. The molecule has 1 N–H and O–H groups in total. The fourth-order valence-electron chi connectivity index (χ4n) is 6.47. The summed E-state index contributed by atoms with van der Waals surface area (Å²) in [4.78, 5) is 30.0. The van der Waals surface area contributed by atoms with E-state index in [0.717, 1.165) is 30.3 Å². The second-order valence-electron chi connectivity index (χ2n) is 9.46. The van der Waals surface area contributed by atoms with Gasteiger partial charge in [-0.3, -0.25) is 14.5 Å². The van der Waals surface area contributed by atoms with Crippen molar-refractivity contribution in [1.82, 2.24) is 4.90 Å². The summed E-state index contributed by atoms with van der Waals surface area (Å²) in [5.41, 5.74) is 1.66. The standard InChI is InChI=1S/C24H33N3O2/c28-23-16-24(29)27(22-11-7-6-10-21(22)25-23)20-14-18-12-13-19(15-20)26(18)17-8-4-2-1-3-5-9-17/h6-7,10-11,17-20H,1-5,8-9,12-16H2,(H,25,28)/t18-,19?,20?/m0/s1. The molecule has 1 saturated carbocycles. The number of nitrogens with one attached hydrogen (secondary N) is 1. The van der Waals surface area contributed by atoms with Crippen LogP contribution in [0.5, 0.6) is 0 Å². The number of carbonyl (C=O) groups is 2. The van der Waals surface area contributed by atoms with Gasteiger partial charge in [0.2, 0.25) is 11.8 Å². The molecule has 1 aromatic rings. The maximum Gasteiger partial charge on any atom is 0.236 e. The Hall–Kier alpha value is -1.88. The Balaban J connectivity index is 1.38. The molecule has 3 fully saturated rings. The van der Waals surface area contributed by atoms with Gasteiger partial charge in [0.1, 0.15) is 6.42 Å². The number of nitrogens with zero attached hydrogens (tertiary/aromatic N) is 2. The van der Waals surface area contributed by atoms with Crippen molar-refractivity contribution in [3.63, 3.8) is 0 Å². The molecule has 4 aliphatic rings. The SMILES string of the molecule is O=C1CC(=O)N(C2CC3CC[C@@H](C2)N3C2CCCCCCC2)c2ccccc2N1. The molecule has 0 radical (unpaired) electrons. The van der Waals surface area contributed by atoms with Crippen LogP contribution in [-0.2, 0) is 9.59 Å².